The van der Waals surface area contributed by atoms with Crippen molar-refractivity contribution >= 4 is 26.5 Å². The second-order valence-electron chi connectivity index (χ2n) is 9.94. The van der Waals surface area contributed by atoms with Crippen LogP contribution in [0.15, 0.2) is 36.4 Å². The molecule has 0 bridgehead atoms. The molecule has 0 aromatic heterocycles. The Labute approximate surface area is 172 Å². The van der Waals surface area contributed by atoms with Crippen LogP contribution in [-0.2, 0) is 0 Å². The zero-order valence-electron chi connectivity index (χ0n) is 18.3. The van der Waals surface area contributed by atoms with Crippen LogP contribution in [0.2, 0.25) is 0 Å². The highest BCUT2D eigenvalue weighted by atomic mass is 31.1. The summed E-state index contributed by atoms with van der Waals surface area (Å²) < 4.78 is 13.5. The molecule has 2 aromatic carbocycles. The molecule has 0 unspecified atom stereocenters. The lowest BCUT2D eigenvalue weighted by Crippen LogP contribution is -2.38. The summed E-state index contributed by atoms with van der Waals surface area (Å²) in [6.07, 6.45) is 0. The van der Waals surface area contributed by atoms with Gasteiger partial charge in [-0.05, 0) is 63.3 Å². The van der Waals surface area contributed by atoms with E-state index in [-0.39, 0.29) is 22.0 Å². The second kappa shape index (κ2) is 6.72. The Hall–Kier alpha value is -1.10. The van der Waals surface area contributed by atoms with E-state index in [2.05, 4.69) is 91.8 Å². The molecule has 4 rings (SSSR count). The Morgan fingerprint density at radius 3 is 1.32 bits per heavy atom. The monoisotopic (exact) mass is 414 g/mol. The Balaban J connectivity index is 1.84. The van der Waals surface area contributed by atoms with Crippen molar-refractivity contribution in [2.45, 2.75) is 77.4 Å². The number of hydrogen-bond donors (Lipinski definition) is 0. The van der Waals surface area contributed by atoms with Crippen molar-refractivity contribution in [1.82, 2.24) is 0 Å². The Kier molecular flexibility index (Phi) is 4.84. The van der Waals surface area contributed by atoms with E-state index in [1.807, 2.05) is 0 Å². The smallest absolute Gasteiger partial charge is 0.162 e. The molecule has 4 atom stereocenters. The summed E-state index contributed by atoms with van der Waals surface area (Å²) in [6, 6.07) is 13.0. The molecular weight excluding hydrogens is 382 g/mol. The molecule has 0 saturated carbocycles. The van der Waals surface area contributed by atoms with Gasteiger partial charge in [0.1, 0.15) is 11.5 Å². The van der Waals surface area contributed by atoms with Crippen LogP contribution in [-0.4, -0.2) is 22.0 Å². The Morgan fingerprint density at radius 1 is 0.643 bits per heavy atom. The van der Waals surface area contributed by atoms with Crippen molar-refractivity contribution in [1.29, 1.82) is 0 Å². The maximum Gasteiger partial charge on any atom is 0.162 e. The molecule has 2 aliphatic heterocycles. The van der Waals surface area contributed by atoms with Crippen LogP contribution in [0.3, 0.4) is 0 Å². The summed E-state index contributed by atoms with van der Waals surface area (Å²) in [5.41, 5.74) is 2.71. The highest BCUT2D eigenvalue weighted by Gasteiger charge is 2.54. The molecule has 0 N–H and O–H groups in total. The first-order chi connectivity index (χ1) is 13.0. The molecule has 2 nitrogen and oxygen atoms in total. The van der Waals surface area contributed by atoms with Crippen LogP contribution < -0.4 is 20.1 Å². The van der Waals surface area contributed by atoms with Crippen molar-refractivity contribution in [2.75, 3.05) is 0 Å². The van der Waals surface area contributed by atoms with Gasteiger partial charge in [0.15, 0.2) is 11.7 Å². The number of rotatable bonds is 1. The van der Waals surface area contributed by atoms with Crippen LogP contribution in [0, 0.1) is 13.8 Å². The van der Waals surface area contributed by atoms with Gasteiger partial charge in [0.2, 0.25) is 0 Å². The minimum atomic E-state index is -0.514. The van der Waals surface area contributed by atoms with Gasteiger partial charge in [-0.25, -0.2) is 0 Å². The molecular formula is C24H32O2P2. The minimum absolute atomic E-state index is 0.100. The molecule has 0 aliphatic carbocycles. The van der Waals surface area contributed by atoms with E-state index in [4.69, 9.17) is 9.47 Å². The maximum atomic E-state index is 6.73. The predicted molar refractivity (Wildman–Crippen MR) is 124 cm³/mol. The van der Waals surface area contributed by atoms with Crippen molar-refractivity contribution in [3.8, 4) is 11.5 Å². The predicted octanol–water partition coefficient (Wildman–Crippen LogP) is 6.25. The Bertz CT molecular complexity index is 832. The van der Waals surface area contributed by atoms with E-state index in [1.54, 1.807) is 0 Å². The van der Waals surface area contributed by atoms with Crippen molar-refractivity contribution in [3.05, 3.63) is 47.5 Å². The molecule has 150 valence electrons. The summed E-state index contributed by atoms with van der Waals surface area (Å²) in [4.78, 5) is 0. The fourth-order valence-electron chi connectivity index (χ4n) is 4.50. The zero-order chi connectivity index (χ0) is 20.4. The van der Waals surface area contributed by atoms with Crippen molar-refractivity contribution in [3.63, 3.8) is 0 Å². The largest absolute Gasteiger partial charge is 0.481 e. The molecule has 2 aliphatic rings. The van der Waals surface area contributed by atoms with E-state index in [9.17, 15) is 0 Å². The van der Waals surface area contributed by atoms with Gasteiger partial charge in [0, 0.05) is 10.6 Å². The van der Waals surface area contributed by atoms with Gasteiger partial charge in [-0.15, -0.1) is 0 Å². The van der Waals surface area contributed by atoms with Gasteiger partial charge in [-0.3, -0.25) is 0 Å². The van der Waals surface area contributed by atoms with Crippen LogP contribution in [0.5, 0.6) is 11.5 Å². The first kappa shape index (κ1) is 20.2. The molecule has 2 heterocycles. The summed E-state index contributed by atoms with van der Waals surface area (Å²) in [7, 11) is -1.03. The molecule has 0 saturated heterocycles. The minimum Gasteiger partial charge on any atom is -0.481 e. The van der Waals surface area contributed by atoms with Gasteiger partial charge in [-0.2, -0.15) is 0 Å². The van der Waals surface area contributed by atoms with Crippen LogP contribution in [0.25, 0.3) is 0 Å². The lowest BCUT2D eigenvalue weighted by molar-refractivity contribution is 0.171. The normalized spacial score (nSPS) is 26.4. The fraction of sp³-hybridized carbons (Fsp3) is 0.500. The van der Waals surface area contributed by atoms with Crippen molar-refractivity contribution in [2.24, 2.45) is 0 Å². The second-order valence-corrected chi connectivity index (χ2v) is 16.0. The first-order valence-corrected chi connectivity index (χ1v) is 12.9. The van der Waals surface area contributed by atoms with Gasteiger partial charge in [-0.1, -0.05) is 65.8 Å². The van der Waals surface area contributed by atoms with E-state index < -0.39 is 15.8 Å². The summed E-state index contributed by atoms with van der Waals surface area (Å²) in [5, 5.41) is 3.19. The van der Waals surface area contributed by atoms with Crippen molar-refractivity contribution < 1.29 is 9.47 Å². The van der Waals surface area contributed by atoms with Gasteiger partial charge < -0.3 is 9.47 Å². The lowest BCUT2D eigenvalue weighted by atomic mass is 10.2. The summed E-state index contributed by atoms with van der Waals surface area (Å²) in [6.45, 7) is 18.6. The number of ether oxygens (including phenoxy) is 2. The summed E-state index contributed by atoms with van der Waals surface area (Å²) in [5.74, 6) is 2.35. The molecule has 4 heteroatoms. The van der Waals surface area contributed by atoms with Crippen LogP contribution in [0.1, 0.15) is 52.7 Å². The van der Waals surface area contributed by atoms with Gasteiger partial charge in [0.05, 0.1) is 0 Å². The third-order valence-corrected chi connectivity index (χ3v) is 12.6. The number of aryl methyl sites for hydroxylation is 2. The molecule has 0 fully saturated rings. The highest BCUT2D eigenvalue weighted by molar-refractivity contribution is 7.72. The van der Waals surface area contributed by atoms with Gasteiger partial charge >= 0.3 is 0 Å². The average Bonchev–Trinajstić information content (AvgIpc) is 3.13. The number of benzene rings is 2. The van der Waals surface area contributed by atoms with E-state index in [0.717, 1.165) is 11.5 Å². The van der Waals surface area contributed by atoms with E-state index in [0.29, 0.717) is 0 Å². The molecule has 0 radical (unpaired) electrons. The quantitative estimate of drug-likeness (QED) is 0.514. The lowest BCUT2D eigenvalue weighted by Gasteiger charge is -2.39. The topological polar surface area (TPSA) is 18.5 Å². The van der Waals surface area contributed by atoms with E-state index >= 15 is 0 Å². The third kappa shape index (κ3) is 3.18. The number of hydrogen-bond acceptors (Lipinski definition) is 2. The SMILES string of the molecule is Cc1cccc2c1[P@@](C(C)(C)C)[C@H]([C@@H]1Oc3cccc(C)c3[P@@]1C(C)(C)C)O2. The van der Waals surface area contributed by atoms with Crippen LogP contribution in [0.4, 0.5) is 0 Å². The van der Waals surface area contributed by atoms with E-state index in [1.165, 1.54) is 21.7 Å². The fourth-order valence-corrected chi connectivity index (χ4v) is 11.4. The highest BCUT2D eigenvalue weighted by Crippen LogP contribution is 2.68. The van der Waals surface area contributed by atoms with Gasteiger partial charge in [0.25, 0.3) is 0 Å². The molecule has 2 aromatic rings. The number of fused-ring (bicyclic) bond motifs is 2. The summed E-state index contributed by atoms with van der Waals surface area (Å²) >= 11 is 0. The zero-order valence-corrected chi connectivity index (χ0v) is 20.1. The average molecular weight is 414 g/mol. The standard InChI is InChI=1S/C24H32O2P2/c1-15-11-9-13-17-19(15)27(23(3,4)5)21(25-17)22-26-18-14-10-12-16(2)20(18)28(22)24(6,7)8/h9-14,21-22H,1-8H3/t21-,22-,27-,28-/m1/s1. The first-order valence-electron chi connectivity index (χ1n) is 10.1. The molecule has 0 spiro atoms. The third-order valence-electron chi connectivity index (χ3n) is 5.58. The molecule has 0 amide bonds. The van der Waals surface area contributed by atoms with Crippen LogP contribution >= 0.6 is 15.8 Å². The molecule has 28 heavy (non-hydrogen) atoms. The maximum absolute atomic E-state index is 6.73. The Morgan fingerprint density at radius 2 is 1.00 bits per heavy atom.